The molecule has 0 aliphatic heterocycles. The summed E-state index contributed by atoms with van der Waals surface area (Å²) in [7, 11) is 2.19. The Morgan fingerprint density at radius 1 is 1.56 bits per heavy atom. The predicted octanol–water partition coefficient (Wildman–Crippen LogP) is 1.40. The van der Waals surface area contributed by atoms with Crippen LogP contribution >= 0.6 is 12.6 Å². The second kappa shape index (κ2) is 3.47. The second-order valence-electron chi connectivity index (χ2n) is 2.79. The molecule has 0 aromatic rings. The molecule has 1 rings (SSSR count). The third-order valence-corrected chi connectivity index (χ3v) is 2.35. The van der Waals surface area contributed by atoms with Crippen LogP contribution in [-0.2, 0) is 0 Å². The van der Waals surface area contributed by atoms with Crippen LogP contribution in [0, 0.1) is 0 Å². The second-order valence-corrected chi connectivity index (χ2v) is 3.24. The molecule has 1 nitrogen and oxygen atoms in total. The zero-order valence-electron chi connectivity index (χ0n) is 6.01. The molecular formula is C7H15NS. The predicted molar refractivity (Wildman–Crippen MR) is 44.1 cm³/mol. The summed E-state index contributed by atoms with van der Waals surface area (Å²) in [4.78, 5) is 2.41. The van der Waals surface area contributed by atoms with Gasteiger partial charge in [-0.15, -0.1) is 0 Å². The number of hydrogen-bond donors (Lipinski definition) is 1. The average molecular weight is 145 g/mol. The molecule has 0 aromatic heterocycles. The van der Waals surface area contributed by atoms with Crippen molar-refractivity contribution < 1.29 is 0 Å². The van der Waals surface area contributed by atoms with E-state index in [1.54, 1.807) is 0 Å². The van der Waals surface area contributed by atoms with Gasteiger partial charge in [0.2, 0.25) is 0 Å². The fourth-order valence-electron chi connectivity index (χ4n) is 1.17. The summed E-state index contributed by atoms with van der Waals surface area (Å²) in [6.45, 7) is 1.15. The highest BCUT2D eigenvalue weighted by molar-refractivity contribution is 7.80. The molecule has 0 aromatic carbocycles. The van der Waals surface area contributed by atoms with E-state index in [4.69, 9.17) is 0 Å². The van der Waals surface area contributed by atoms with Crippen molar-refractivity contribution in [3.8, 4) is 0 Å². The molecule has 1 aliphatic carbocycles. The zero-order chi connectivity index (χ0) is 6.69. The van der Waals surface area contributed by atoms with Gasteiger partial charge in [-0.1, -0.05) is 6.42 Å². The standard InChI is InChI=1S/C7H15NS/c1-8(5-6-9)7-3-2-4-7/h7,9H,2-6H2,1H3. The van der Waals surface area contributed by atoms with Crippen LogP contribution in [0.5, 0.6) is 0 Å². The van der Waals surface area contributed by atoms with Crippen LogP contribution in [-0.4, -0.2) is 30.3 Å². The molecule has 0 heterocycles. The Hall–Kier alpha value is 0.310. The van der Waals surface area contributed by atoms with E-state index in [1.165, 1.54) is 19.3 Å². The van der Waals surface area contributed by atoms with Gasteiger partial charge in [-0.2, -0.15) is 12.6 Å². The molecule has 0 spiro atoms. The summed E-state index contributed by atoms with van der Waals surface area (Å²) >= 11 is 4.18. The molecule has 0 atom stereocenters. The van der Waals surface area contributed by atoms with Gasteiger partial charge < -0.3 is 4.90 Å². The number of hydrogen-bond acceptors (Lipinski definition) is 2. The van der Waals surface area contributed by atoms with Gasteiger partial charge >= 0.3 is 0 Å². The van der Waals surface area contributed by atoms with Crippen LogP contribution in [0.15, 0.2) is 0 Å². The summed E-state index contributed by atoms with van der Waals surface area (Å²) in [6.07, 6.45) is 4.25. The summed E-state index contributed by atoms with van der Waals surface area (Å²) in [5, 5.41) is 0. The van der Waals surface area contributed by atoms with Gasteiger partial charge in [0.25, 0.3) is 0 Å². The quantitative estimate of drug-likeness (QED) is 0.588. The largest absolute Gasteiger partial charge is 0.303 e. The average Bonchev–Trinajstić information content (AvgIpc) is 1.60. The maximum absolute atomic E-state index is 4.18. The van der Waals surface area contributed by atoms with E-state index in [1.807, 2.05) is 0 Å². The fourth-order valence-corrected chi connectivity index (χ4v) is 1.48. The highest BCUT2D eigenvalue weighted by Crippen LogP contribution is 2.22. The first-order chi connectivity index (χ1) is 4.34. The maximum atomic E-state index is 4.18. The number of nitrogens with zero attached hydrogens (tertiary/aromatic N) is 1. The normalized spacial score (nSPS) is 20.3. The van der Waals surface area contributed by atoms with E-state index in [0.29, 0.717) is 0 Å². The van der Waals surface area contributed by atoms with Gasteiger partial charge in [0.05, 0.1) is 0 Å². The van der Waals surface area contributed by atoms with Crippen LogP contribution in [0.1, 0.15) is 19.3 Å². The molecule has 2 heteroatoms. The molecule has 0 saturated heterocycles. The van der Waals surface area contributed by atoms with Crippen molar-refractivity contribution in [2.45, 2.75) is 25.3 Å². The maximum Gasteiger partial charge on any atom is 0.00925 e. The van der Waals surface area contributed by atoms with Crippen molar-refractivity contribution in [3.05, 3.63) is 0 Å². The minimum absolute atomic E-state index is 0.886. The Labute approximate surface area is 62.8 Å². The fraction of sp³-hybridized carbons (Fsp3) is 1.00. The van der Waals surface area contributed by atoms with E-state index in [2.05, 4.69) is 24.6 Å². The third-order valence-electron chi connectivity index (χ3n) is 2.15. The molecule has 0 bridgehead atoms. The van der Waals surface area contributed by atoms with Crippen LogP contribution in [0.25, 0.3) is 0 Å². The van der Waals surface area contributed by atoms with Gasteiger partial charge in [0, 0.05) is 18.3 Å². The molecule has 1 saturated carbocycles. The van der Waals surface area contributed by atoms with Gasteiger partial charge in [-0.25, -0.2) is 0 Å². The van der Waals surface area contributed by atoms with Crippen LogP contribution < -0.4 is 0 Å². The Morgan fingerprint density at radius 3 is 2.56 bits per heavy atom. The van der Waals surface area contributed by atoms with Crippen LogP contribution in [0.4, 0.5) is 0 Å². The SMILES string of the molecule is CN(CCS)C1CCC1. The van der Waals surface area contributed by atoms with Gasteiger partial charge in [0.15, 0.2) is 0 Å². The third kappa shape index (κ3) is 1.87. The Morgan fingerprint density at radius 2 is 2.22 bits per heavy atom. The molecule has 1 aliphatic rings. The van der Waals surface area contributed by atoms with Crippen LogP contribution in [0.3, 0.4) is 0 Å². The van der Waals surface area contributed by atoms with Crippen molar-refractivity contribution in [3.63, 3.8) is 0 Å². The molecule has 0 N–H and O–H groups in total. The lowest BCUT2D eigenvalue weighted by Crippen LogP contribution is -2.38. The molecule has 54 valence electrons. The van der Waals surface area contributed by atoms with Gasteiger partial charge in [-0.3, -0.25) is 0 Å². The van der Waals surface area contributed by atoms with Crippen molar-refractivity contribution in [1.82, 2.24) is 4.90 Å². The first kappa shape index (κ1) is 7.42. The molecule has 9 heavy (non-hydrogen) atoms. The van der Waals surface area contributed by atoms with E-state index in [-0.39, 0.29) is 0 Å². The van der Waals surface area contributed by atoms with Crippen molar-refractivity contribution in [2.24, 2.45) is 0 Å². The van der Waals surface area contributed by atoms with Gasteiger partial charge in [0.1, 0.15) is 0 Å². The highest BCUT2D eigenvalue weighted by atomic mass is 32.1. The van der Waals surface area contributed by atoms with E-state index < -0.39 is 0 Å². The molecule has 0 amide bonds. The smallest absolute Gasteiger partial charge is 0.00925 e. The van der Waals surface area contributed by atoms with Crippen molar-refractivity contribution >= 4 is 12.6 Å². The highest BCUT2D eigenvalue weighted by Gasteiger charge is 2.20. The van der Waals surface area contributed by atoms with Crippen LogP contribution in [0.2, 0.25) is 0 Å². The lowest BCUT2D eigenvalue weighted by atomic mass is 9.92. The number of thiol groups is 1. The lowest BCUT2D eigenvalue weighted by molar-refractivity contribution is 0.169. The van der Waals surface area contributed by atoms with E-state index >= 15 is 0 Å². The number of rotatable bonds is 3. The summed E-state index contributed by atoms with van der Waals surface area (Å²) in [5.41, 5.74) is 0. The van der Waals surface area contributed by atoms with Crippen molar-refractivity contribution in [2.75, 3.05) is 19.3 Å². The van der Waals surface area contributed by atoms with Crippen molar-refractivity contribution in [1.29, 1.82) is 0 Å². The monoisotopic (exact) mass is 145 g/mol. The summed E-state index contributed by atoms with van der Waals surface area (Å²) < 4.78 is 0. The summed E-state index contributed by atoms with van der Waals surface area (Å²) in [6, 6.07) is 0.886. The molecule has 0 unspecified atom stereocenters. The minimum Gasteiger partial charge on any atom is -0.303 e. The Balaban J connectivity index is 2.08. The van der Waals surface area contributed by atoms with Gasteiger partial charge in [-0.05, 0) is 19.9 Å². The summed E-state index contributed by atoms with van der Waals surface area (Å²) in [5.74, 6) is 0.993. The first-order valence-corrected chi connectivity index (χ1v) is 4.29. The molecule has 1 fully saturated rings. The first-order valence-electron chi connectivity index (χ1n) is 3.65. The molecule has 0 radical (unpaired) electrons. The Kier molecular flexibility index (Phi) is 2.86. The minimum atomic E-state index is 0.886. The van der Waals surface area contributed by atoms with E-state index in [9.17, 15) is 0 Å². The zero-order valence-corrected chi connectivity index (χ0v) is 6.90. The lowest BCUT2D eigenvalue weighted by Gasteiger charge is -2.34. The Bertz CT molecular complexity index is 81.0. The molecular weight excluding hydrogens is 130 g/mol. The topological polar surface area (TPSA) is 3.24 Å². The van der Waals surface area contributed by atoms with E-state index in [0.717, 1.165) is 18.3 Å².